The summed E-state index contributed by atoms with van der Waals surface area (Å²) in [5.74, 6) is 6.32. The molecule has 2 aromatic rings. The molecule has 0 saturated carbocycles. The van der Waals surface area contributed by atoms with Crippen molar-refractivity contribution in [2.24, 2.45) is 0 Å². The van der Waals surface area contributed by atoms with Gasteiger partial charge in [-0.05, 0) is 36.8 Å². The quantitative estimate of drug-likeness (QED) is 0.871. The average molecular weight is 284 g/mol. The summed E-state index contributed by atoms with van der Waals surface area (Å²) >= 11 is 0. The van der Waals surface area contributed by atoms with Gasteiger partial charge in [-0.25, -0.2) is 4.39 Å². The maximum absolute atomic E-state index is 13.2. The Morgan fingerprint density at radius 2 is 2.00 bits per heavy atom. The molecule has 0 atom stereocenters. The van der Waals surface area contributed by atoms with E-state index in [1.165, 1.54) is 6.07 Å². The zero-order chi connectivity index (χ0) is 15.1. The maximum atomic E-state index is 13.2. The van der Waals surface area contributed by atoms with Crippen LogP contribution in [0.15, 0.2) is 42.5 Å². The second kappa shape index (κ2) is 7.47. The van der Waals surface area contributed by atoms with E-state index >= 15 is 0 Å². The summed E-state index contributed by atoms with van der Waals surface area (Å²) in [4.78, 5) is 0. The molecule has 0 fully saturated rings. The lowest BCUT2D eigenvalue weighted by Crippen LogP contribution is -1.99. The monoisotopic (exact) mass is 284 g/mol. The number of benzene rings is 2. The summed E-state index contributed by atoms with van der Waals surface area (Å²) in [6.45, 7) is 2.13. The highest BCUT2D eigenvalue weighted by Crippen LogP contribution is 2.18. The molecule has 0 aliphatic heterocycles. The van der Waals surface area contributed by atoms with Crippen LogP contribution in [0.1, 0.15) is 23.1 Å². The van der Waals surface area contributed by atoms with E-state index in [4.69, 9.17) is 9.84 Å². The van der Waals surface area contributed by atoms with Crippen LogP contribution < -0.4 is 4.74 Å². The van der Waals surface area contributed by atoms with Gasteiger partial charge in [-0.2, -0.15) is 0 Å². The molecular weight excluding hydrogens is 267 g/mol. The minimum Gasteiger partial charge on any atom is -0.489 e. The lowest BCUT2D eigenvalue weighted by atomic mass is 10.1. The Kier molecular flexibility index (Phi) is 5.36. The molecule has 2 nitrogen and oxygen atoms in total. The first-order valence-electron chi connectivity index (χ1n) is 6.77. The molecule has 0 saturated heterocycles. The molecule has 0 aliphatic rings. The molecule has 0 radical (unpaired) electrons. The Bertz CT molecular complexity index is 668. The molecule has 0 aliphatic carbocycles. The molecule has 108 valence electrons. The number of rotatable bonds is 4. The van der Waals surface area contributed by atoms with Crippen molar-refractivity contribution in [1.29, 1.82) is 0 Å². The molecule has 0 unspecified atom stereocenters. The second-order valence-corrected chi connectivity index (χ2v) is 4.63. The van der Waals surface area contributed by atoms with E-state index in [0.29, 0.717) is 24.3 Å². The topological polar surface area (TPSA) is 29.5 Å². The number of ether oxygens (including phenoxy) is 1. The van der Waals surface area contributed by atoms with Gasteiger partial charge in [0.25, 0.3) is 0 Å². The molecule has 3 heteroatoms. The number of hydrogen-bond acceptors (Lipinski definition) is 2. The fourth-order valence-corrected chi connectivity index (χ4v) is 1.85. The SMILES string of the molecule is Cc1cc(OCc2ccccc2C#CCCO)ccc1F. The van der Waals surface area contributed by atoms with Crippen LogP contribution >= 0.6 is 0 Å². The van der Waals surface area contributed by atoms with E-state index in [2.05, 4.69) is 11.8 Å². The van der Waals surface area contributed by atoms with Gasteiger partial charge in [0, 0.05) is 17.5 Å². The molecule has 1 N–H and O–H groups in total. The summed E-state index contributed by atoms with van der Waals surface area (Å²) in [6.07, 6.45) is 0.451. The molecule has 2 aromatic carbocycles. The van der Waals surface area contributed by atoms with Crippen molar-refractivity contribution in [3.63, 3.8) is 0 Å². The third-order valence-electron chi connectivity index (χ3n) is 3.00. The Balaban J connectivity index is 2.09. The van der Waals surface area contributed by atoms with E-state index in [1.54, 1.807) is 19.1 Å². The molecular formula is C18H17FO2. The van der Waals surface area contributed by atoms with E-state index in [0.717, 1.165) is 11.1 Å². The minimum absolute atomic E-state index is 0.0561. The van der Waals surface area contributed by atoms with Crippen molar-refractivity contribution in [2.75, 3.05) is 6.61 Å². The average Bonchev–Trinajstić information content (AvgIpc) is 2.50. The fourth-order valence-electron chi connectivity index (χ4n) is 1.85. The number of aliphatic hydroxyl groups excluding tert-OH is 1. The Labute approximate surface area is 124 Å². The van der Waals surface area contributed by atoms with E-state index in [1.807, 2.05) is 24.3 Å². The first kappa shape index (κ1) is 15.1. The number of hydrogen-bond donors (Lipinski definition) is 1. The van der Waals surface area contributed by atoms with Gasteiger partial charge >= 0.3 is 0 Å². The third-order valence-corrected chi connectivity index (χ3v) is 3.00. The molecule has 0 spiro atoms. The lowest BCUT2D eigenvalue weighted by molar-refractivity contribution is 0.304. The number of aryl methyl sites for hydroxylation is 1. The van der Waals surface area contributed by atoms with Crippen molar-refractivity contribution in [2.45, 2.75) is 20.0 Å². The van der Waals surface area contributed by atoms with Crippen molar-refractivity contribution in [3.8, 4) is 17.6 Å². The predicted octanol–water partition coefficient (Wildman–Crippen LogP) is 3.45. The largest absolute Gasteiger partial charge is 0.489 e. The highest BCUT2D eigenvalue weighted by Gasteiger charge is 2.03. The lowest BCUT2D eigenvalue weighted by Gasteiger charge is -2.09. The van der Waals surface area contributed by atoms with Crippen LogP contribution in [0, 0.1) is 24.6 Å². The van der Waals surface area contributed by atoms with Gasteiger partial charge in [-0.15, -0.1) is 0 Å². The standard InChI is InChI=1S/C18H17FO2/c1-14-12-17(9-10-18(14)19)21-13-16-8-3-2-6-15(16)7-4-5-11-20/h2-3,6,8-10,12,20H,5,11,13H2,1H3. The zero-order valence-corrected chi connectivity index (χ0v) is 11.9. The Hall–Kier alpha value is -2.31. The van der Waals surface area contributed by atoms with Gasteiger partial charge in [0.15, 0.2) is 0 Å². The van der Waals surface area contributed by atoms with Gasteiger partial charge in [0.2, 0.25) is 0 Å². The van der Waals surface area contributed by atoms with Crippen LogP contribution in [0.3, 0.4) is 0 Å². The van der Waals surface area contributed by atoms with Crippen molar-refractivity contribution >= 4 is 0 Å². The van der Waals surface area contributed by atoms with Gasteiger partial charge in [0.1, 0.15) is 18.2 Å². The van der Waals surface area contributed by atoms with Crippen LogP contribution in [-0.2, 0) is 6.61 Å². The molecule has 0 aromatic heterocycles. The summed E-state index contributed by atoms with van der Waals surface area (Å²) in [5, 5.41) is 8.76. The number of aliphatic hydroxyl groups is 1. The van der Waals surface area contributed by atoms with E-state index < -0.39 is 0 Å². The fraction of sp³-hybridized carbons (Fsp3) is 0.222. The normalized spacial score (nSPS) is 9.86. The Morgan fingerprint density at radius 1 is 1.19 bits per heavy atom. The second-order valence-electron chi connectivity index (χ2n) is 4.63. The van der Waals surface area contributed by atoms with E-state index in [9.17, 15) is 4.39 Å². The molecule has 0 bridgehead atoms. The molecule has 0 heterocycles. The van der Waals surface area contributed by atoms with Gasteiger partial charge in [0.05, 0.1) is 6.61 Å². The smallest absolute Gasteiger partial charge is 0.126 e. The zero-order valence-electron chi connectivity index (χ0n) is 11.9. The first-order chi connectivity index (χ1) is 10.2. The molecule has 0 amide bonds. The Morgan fingerprint density at radius 3 is 2.76 bits per heavy atom. The van der Waals surface area contributed by atoms with E-state index in [-0.39, 0.29) is 12.4 Å². The summed E-state index contributed by atoms with van der Waals surface area (Å²) in [6, 6.07) is 12.4. The van der Waals surface area contributed by atoms with Crippen LogP contribution in [0.25, 0.3) is 0 Å². The molecule has 2 rings (SSSR count). The highest BCUT2D eigenvalue weighted by atomic mass is 19.1. The van der Waals surface area contributed by atoms with Crippen molar-refractivity contribution < 1.29 is 14.2 Å². The molecule has 21 heavy (non-hydrogen) atoms. The van der Waals surface area contributed by atoms with Crippen LogP contribution in [0.5, 0.6) is 5.75 Å². The van der Waals surface area contributed by atoms with Crippen molar-refractivity contribution in [3.05, 3.63) is 65.0 Å². The first-order valence-corrected chi connectivity index (χ1v) is 6.77. The highest BCUT2D eigenvalue weighted by molar-refractivity contribution is 5.41. The van der Waals surface area contributed by atoms with Crippen LogP contribution in [0.4, 0.5) is 4.39 Å². The predicted molar refractivity (Wildman–Crippen MR) is 80.5 cm³/mol. The van der Waals surface area contributed by atoms with Crippen LogP contribution in [-0.4, -0.2) is 11.7 Å². The third kappa shape index (κ3) is 4.34. The summed E-state index contributed by atoms with van der Waals surface area (Å²) < 4.78 is 18.9. The summed E-state index contributed by atoms with van der Waals surface area (Å²) in [7, 11) is 0. The maximum Gasteiger partial charge on any atom is 0.126 e. The van der Waals surface area contributed by atoms with Gasteiger partial charge in [-0.3, -0.25) is 0 Å². The van der Waals surface area contributed by atoms with Crippen LogP contribution in [0.2, 0.25) is 0 Å². The minimum atomic E-state index is -0.238. The van der Waals surface area contributed by atoms with Gasteiger partial charge < -0.3 is 9.84 Å². The number of halogens is 1. The summed E-state index contributed by atoms with van der Waals surface area (Å²) in [5.41, 5.74) is 2.40. The van der Waals surface area contributed by atoms with Gasteiger partial charge in [-0.1, -0.05) is 30.0 Å². The van der Waals surface area contributed by atoms with Crippen molar-refractivity contribution in [1.82, 2.24) is 0 Å².